The van der Waals surface area contributed by atoms with Crippen LogP contribution in [0.3, 0.4) is 0 Å². The fourth-order valence-corrected chi connectivity index (χ4v) is 2.96. The summed E-state index contributed by atoms with van der Waals surface area (Å²) in [6.45, 7) is 0.346. The van der Waals surface area contributed by atoms with Gasteiger partial charge in [0.05, 0.1) is 17.1 Å². The van der Waals surface area contributed by atoms with Crippen LogP contribution < -0.4 is 16.0 Å². The van der Waals surface area contributed by atoms with E-state index in [1.165, 1.54) is 6.21 Å². The fraction of sp³-hybridized carbons (Fsp3) is 0.0455. The van der Waals surface area contributed by atoms with E-state index in [4.69, 9.17) is 16.3 Å². The number of fused-ring (bicyclic) bond motifs is 1. The SMILES string of the molecule is O=c1[nH]c2ccccc2c(=O)n1N=Cc1ccccc1OCc1ccc(Cl)cc1. The van der Waals surface area contributed by atoms with Gasteiger partial charge in [-0.25, -0.2) is 4.79 Å². The minimum atomic E-state index is -0.607. The lowest BCUT2D eigenvalue weighted by atomic mass is 10.2. The fourth-order valence-electron chi connectivity index (χ4n) is 2.84. The molecular weight excluding hydrogens is 390 g/mol. The van der Waals surface area contributed by atoms with Gasteiger partial charge in [-0.3, -0.25) is 4.79 Å². The molecule has 0 aliphatic carbocycles. The van der Waals surface area contributed by atoms with Crippen molar-refractivity contribution in [3.63, 3.8) is 0 Å². The largest absolute Gasteiger partial charge is 0.488 e. The highest BCUT2D eigenvalue weighted by Gasteiger charge is 2.07. The van der Waals surface area contributed by atoms with E-state index in [0.717, 1.165) is 10.2 Å². The highest BCUT2D eigenvalue weighted by atomic mass is 35.5. The number of aromatic amines is 1. The predicted molar refractivity (Wildman–Crippen MR) is 114 cm³/mol. The Labute approximate surface area is 170 Å². The topological polar surface area (TPSA) is 76.5 Å². The average molecular weight is 406 g/mol. The van der Waals surface area contributed by atoms with Gasteiger partial charge >= 0.3 is 5.69 Å². The Hall–Kier alpha value is -3.64. The maximum Gasteiger partial charge on any atom is 0.349 e. The first kappa shape index (κ1) is 18.7. The van der Waals surface area contributed by atoms with Crippen molar-refractivity contribution in [1.29, 1.82) is 0 Å². The van der Waals surface area contributed by atoms with Crippen LogP contribution in [0.5, 0.6) is 5.75 Å². The van der Waals surface area contributed by atoms with Gasteiger partial charge in [-0.05, 0) is 42.0 Å². The van der Waals surface area contributed by atoms with Crippen molar-refractivity contribution < 1.29 is 4.74 Å². The lowest BCUT2D eigenvalue weighted by molar-refractivity contribution is 0.306. The van der Waals surface area contributed by atoms with E-state index in [0.29, 0.717) is 33.8 Å². The summed E-state index contributed by atoms with van der Waals surface area (Å²) in [5, 5.41) is 5.14. The van der Waals surface area contributed by atoms with E-state index in [-0.39, 0.29) is 0 Å². The molecule has 1 heterocycles. The maximum absolute atomic E-state index is 12.6. The summed E-state index contributed by atoms with van der Waals surface area (Å²) in [7, 11) is 0. The third-order valence-corrected chi connectivity index (χ3v) is 4.57. The molecule has 7 heteroatoms. The lowest BCUT2D eigenvalue weighted by Crippen LogP contribution is -2.32. The summed E-state index contributed by atoms with van der Waals surface area (Å²) >= 11 is 5.90. The number of hydrogen-bond donors (Lipinski definition) is 1. The van der Waals surface area contributed by atoms with Gasteiger partial charge in [0.25, 0.3) is 5.56 Å². The second-order valence-electron chi connectivity index (χ2n) is 6.29. The van der Waals surface area contributed by atoms with Gasteiger partial charge in [0.1, 0.15) is 12.4 Å². The molecule has 0 radical (unpaired) electrons. The molecule has 0 fully saturated rings. The normalized spacial score (nSPS) is 11.2. The van der Waals surface area contributed by atoms with Crippen LogP contribution in [-0.4, -0.2) is 15.9 Å². The zero-order chi connectivity index (χ0) is 20.2. The van der Waals surface area contributed by atoms with Crippen molar-refractivity contribution >= 4 is 28.7 Å². The van der Waals surface area contributed by atoms with Gasteiger partial charge in [0.2, 0.25) is 0 Å². The summed E-state index contributed by atoms with van der Waals surface area (Å²) in [6, 6.07) is 21.4. The van der Waals surface area contributed by atoms with Crippen molar-refractivity contribution in [1.82, 2.24) is 9.66 Å². The third kappa shape index (κ3) is 4.12. The quantitative estimate of drug-likeness (QED) is 0.513. The van der Waals surface area contributed by atoms with Crippen LogP contribution in [0.4, 0.5) is 0 Å². The second-order valence-corrected chi connectivity index (χ2v) is 6.73. The molecule has 6 nitrogen and oxygen atoms in total. The van der Waals surface area contributed by atoms with Crippen LogP contribution in [0.2, 0.25) is 5.02 Å². The average Bonchev–Trinajstić information content (AvgIpc) is 2.74. The number of nitrogens with one attached hydrogen (secondary N) is 1. The number of nitrogens with zero attached hydrogens (tertiary/aromatic N) is 2. The number of para-hydroxylation sites is 2. The first-order valence-electron chi connectivity index (χ1n) is 8.86. The molecule has 4 rings (SSSR count). The van der Waals surface area contributed by atoms with Gasteiger partial charge in [-0.1, -0.05) is 48.0 Å². The van der Waals surface area contributed by atoms with Gasteiger partial charge in [-0.15, -0.1) is 4.68 Å². The van der Waals surface area contributed by atoms with Crippen molar-refractivity contribution in [3.8, 4) is 5.75 Å². The van der Waals surface area contributed by atoms with Crippen LogP contribution in [0.1, 0.15) is 11.1 Å². The third-order valence-electron chi connectivity index (χ3n) is 4.32. The van der Waals surface area contributed by atoms with E-state index in [1.54, 1.807) is 48.5 Å². The molecule has 0 saturated carbocycles. The number of rotatable bonds is 5. The van der Waals surface area contributed by atoms with Gasteiger partial charge in [0.15, 0.2) is 0 Å². The van der Waals surface area contributed by atoms with Crippen LogP contribution in [0, 0.1) is 0 Å². The van der Waals surface area contributed by atoms with E-state index in [2.05, 4.69) is 10.1 Å². The van der Waals surface area contributed by atoms with Crippen LogP contribution in [-0.2, 0) is 6.61 Å². The molecule has 3 aromatic carbocycles. The Morgan fingerprint density at radius 3 is 2.52 bits per heavy atom. The number of halogens is 1. The van der Waals surface area contributed by atoms with Crippen LogP contribution >= 0.6 is 11.6 Å². The molecule has 0 atom stereocenters. The van der Waals surface area contributed by atoms with Gasteiger partial charge < -0.3 is 9.72 Å². The van der Waals surface area contributed by atoms with Crippen molar-refractivity contribution in [2.24, 2.45) is 5.10 Å². The molecule has 1 aromatic heterocycles. The molecule has 0 amide bonds. The zero-order valence-corrected chi connectivity index (χ0v) is 16.0. The summed E-state index contributed by atoms with van der Waals surface area (Å²) in [6.07, 6.45) is 1.43. The predicted octanol–water partition coefficient (Wildman–Crippen LogP) is 3.80. The summed E-state index contributed by atoms with van der Waals surface area (Å²) in [5.41, 5.74) is 0.981. The van der Waals surface area contributed by atoms with Crippen molar-refractivity contribution in [2.75, 3.05) is 0 Å². The van der Waals surface area contributed by atoms with E-state index in [9.17, 15) is 9.59 Å². The van der Waals surface area contributed by atoms with Gasteiger partial charge in [-0.2, -0.15) is 5.10 Å². The molecule has 0 saturated heterocycles. The highest BCUT2D eigenvalue weighted by Crippen LogP contribution is 2.18. The molecule has 1 N–H and O–H groups in total. The molecule has 0 unspecified atom stereocenters. The first-order valence-corrected chi connectivity index (χ1v) is 9.24. The molecule has 0 aliphatic rings. The number of benzene rings is 3. The highest BCUT2D eigenvalue weighted by molar-refractivity contribution is 6.30. The molecule has 0 aliphatic heterocycles. The Morgan fingerprint density at radius 2 is 1.69 bits per heavy atom. The molecular formula is C22H16ClN3O3. The Balaban J connectivity index is 1.63. The Kier molecular flexibility index (Phi) is 5.27. The van der Waals surface area contributed by atoms with Crippen molar-refractivity contribution in [3.05, 3.63) is 110 Å². The van der Waals surface area contributed by atoms with Crippen LogP contribution in [0.25, 0.3) is 10.9 Å². The number of hydrogen-bond acceptors (Lipinski definition) is 4. The number of aromatic nitrogens is 2. The Morgan fingerprint density at radius 1 is 0.966 bits per heavy atom. The molecule has 144 valence electrons. The standard InChI is InChI=1S/C22H16ClN3O3/c23-17-11-9-15(10-12-17)14-29-20-8-4-1-5-16(20)13-24-26-21(27)18-6-2-3-7-19(18)25-22(26)28/h1-13H,14H2,(H,25,28). The van der Waals surface area contributed by atoms with Gasteiger partial charge in [0, 0.05) is 10.6 Å². The minimum absolute atomic E-state index is 0.346. The monoisotopic (exact) mass is 405 g/mol. The smallest absolute Gasteiger partial charge is 0.349 e. The molecule has 0 spiro atoms. The van der Waals surface area contributed by atoms with E-state index < -0.39 is 11.2 Å². The summed E-state index contributed by atoms with van der Waals surface area (Å²) in [4.78, 5) is 27.5. The van der Waals surface area contributed by atoms with E-state index >= 15 is 0 Å². The second kappa shape index (κ2) is 8.16. The summed E-state index contributed by atoms with van der Waals surface area (Å²) < 4.78 is 6.68. The first-order chi connectivity index (χ1) is 14.1. The van der Waals surface area contributed by atoms with Crippen LogP contribution in [0.15, 0.2) is 87.5 Å². The minimum Gasteiger partial charge on any atom is -0.488 e. The van der Waals surface area contributed by atoms with E-state index in [1.807, 2.05) is 24.3 Å². The number of H-pyrrole nitrogens is 1. The molecule has 0 bridgehead atoms. The maximum atomic E-state index is 12.6. The lowest BCUT2D eigenvalue weighted by Gasteiger charge is -2.09. The number of ether oxygens (including phenoxy) is 1. The van der Waals surface area contributed by atoms with Crippen molar-refractivity contribution in [2.45, 2.75) is 6.61 Å². The summed E-state index contributed by atoms with van der Waals surface area (Å²) in [5.74, 6) is 0.580. The molecule has 29 heavy (non-hydrogen) atoms. The zero-order valence-electron chi connectivity index (χ0n) is 15.2. The molecule has 4 aromatic rings. The Bertz CT molecular complexity index is 1310.